The maximum atomic E-state index is 14.9. The second-order valence-corrected chi connectivity index (χ2v) is 22.2. The summed E-state index contributed by atoms with van der Waals surface area (Å²) in [5.74, 6) is 1.97. The van der Waals surface area contributed by atoms with Gasteiger partial charge in [-0.3, -0.25) is 0 Å². The van der Waals surface area contributed by atoms with Gasteiger partial charge in [0.1, 0.15) is 5.82 Å². The van der Waals surface area contributed by atoms with Crippen LogP contribution in [-0.2, 0) is 9.84 Å². The second-order valence-electron chi connectivity index (χ2n) is 19.9. The van der Waals surface area contributed by atoms with E-state index < -0.39 is 21.6 Å². The molecule has 4 aliphatic carbocycles. The predicted octanol–water partition coefficient (Wildman–Crippen LogP) is 9.64. The van der Waals surface area contributed by atoms with Gasteiger partial charge >= 0.3 is 5.97 Å². The van der Waals surface area contributed by atoms with Crippen molar-refractivity contribution in [2.45, 2.75) is 131 Å². The van der Waals surface area contributed by atoms with Crippen molar-refractivity contribution in [3.8, 4) is 0 Å². The van der Waals surface area contributed by atoms with Crippen molar-refractivity contribution >= 4 is 21.5 Å². The highest BCUT2D eigenvalue weighted by atomic mass is 32.2. The highest BCUT2D eigenvalue weighted by molar-refractivity contribution is 7.91. The maximum Gasteiger partial charge on any atom is 0.338 e. The van der Waals surface area contributed by atoms with Crippen molar-refractivity contribution < 1.29 is 22.7 Å². The zero-order valence-electron chi connectivity index (χ0n) is 33.1. The third-order valence-electron chi connectivity index (χ3n) is 17.5. The lowest BCUT2D eigenvalue weighted by molar-refractivity contribution is -0.228. The summed E-state index contributed by atoms with van der Waals surface area (Å²) in [6.07, 6.45) is 16.5. The summed E-state index contributed by atoms with van der Waals surface area (Å²) >= 11 is 0. The number of unbranched alkanes of at least 4 members (excludes halogenated alkanes) is 2. The van der Waals surface area contributed by atoms with E-state index in [1.54, 1.807) is 0 Å². The molecule has 290 valence electrons. The third kappa shape index (κ3) is 6.01. The van der Waals surface area contributed by atoms with E-state index in [-0.39, 0.29) is 21.9 Å². The van der Waals surface area contributed by atoms with Crippen molar-refractivity contribution in [1.82, 2.24) is 4.90 Å². The number of carboxylic acid groups (broad SMARTS) is 1. The Morgan fingerprint density at radius 3 is 2.29 bits per heavy atom. The van der Waals surface area contributed by atoms with Gasteiger partial charge < -0.3 is 14.9 Å². The van der Waals surface area contributed by atoms with Crippen LogP contribution in [0.1, 0.15) is 135 Å². The monoisotopic (exact) mass is 738 g/mol. The minimum absolute atomic E-state index is 0.173. The minimum atomic E-state index is -2.82. The number of anilines is 1. The van der Waals surface area contributed by atoms with Gasteiger partial charge in [0.25, 0.3) is 0 Å². The van der Waals surface area contributed by atoms with Crippen molar-refractivity contribution in [2.75, 3.05) is 42.6 Å². The number of sulfone groups is 1. The van der Waals surface area contributed by atoms with Crippen LogP contribution in [0.25, 0.3) is 0 Å². The summed E-state index contributed by atoms with van der Waals surface area (Å²) in [6.45, 7) is 23.0. The summed E-state index contributed by atoms with van der Waals surface area (Å²) in [5, 5.41) is 9.44. The summed E-state index contributed by atoms with van der Waals surface area (Å²) in [6, 6.07) is 4.70. The van der Waals surface area contributed by atoms with Gasteiger partial charge in [0, 0.05) is 30.9 Å². The molecule has 4 saturated carbocycles. The zero-order valence-corrected chi connectivity index (χ0v) is 33.9. The van der Waals surface area contributed by atoms with E-state index in [1.807, 2.05) is 6.07 Å². The molecule has 6 nitrogen and oxygen atoms in total. The van der Waals surface area contributed by atoms with Crippen molar-refractivity contribution in [1.29, 1.82) is 0 Å². The summed E-state index contributed by atoms with van der Waals surface area (Å²) in [7, 11) is -2.82. The number of fused-ring (bicyclic) bond motifs is 7. The highest BCUT2D eigenvalue weighted by Crippen LogP contribution is 2.77. The number of aromatic carboxylic acids is 1. The number of piperidine rings is 1. The first-order valence-corrected chi connectivity index (χ1v) is 22.6. The van der Waals surface area contributed by atoms with Crippen LogP contribution in [0.5, 0.6) is 0 Å². The number of benzene rings is 1. The molecular weight excluding hydrogens is 672 g/mol. The number of halogens is 1. The highest BCUT2D eigenvalue weighted by Gasteiger charge is 2.70. The van der Waals surface area contributed by atoms with Crippen LogP contribution in [-0.4, -0.2) is 67.6 Å². The average molecular weight is 739 g/mol. The lowest BCUT2D eigenvalue weighted by Crippen LogP contribution is -2.69. The molecule has 9 atom stereocenters. The number of allylic oxidation sites excluding steroid dienone is 1. The number of carbonyl (C=O) groups is 1. The SMILES string of the molecule is C=C(C)[C@@H]1CC[C@]2(CCCCCN3CCS(=O)(=O)CC3)CC[C@]3(C)[C@H](CC[C@@H]4[C@@]5(C)CCN(c6ccc(C(=O)O)c(F)c6)C(C)(C)[C@@H]5CC[C@]43C)[C@@H]12. The fraction of sp³-hybridized carbons (Fsp3) is 0.795. The Kier molecular flexibility index (Phi) is 9.86. The largest absolute Gasteiger partial charge is 0.478 e. The number of hydrogen-bond donors (Lipinski definition) is 1. The molecule has 7 rings (SSSR count). The Labute approximate surface area is 314 Å². The van der Waals surface area contributed by atoms with Gasteiger partial charge in [-0.25, -0.2) is 17.6 Å². The van der Waals surface area contributed by atoms with Gasteiger partial charge in [-0.1, -0.05) is 45.8 Å². The molecule has 52 heavy (non-hydrogen) atoms. The second kappa shape index (κ2) is 13.4. The molecule has 0 spiro atoms. The van der Waals surface area contributed by atoms with Gasteiger partial charge in [0.05, 0.1) is 17.1 Å². The molecule has 1 aromatic rings. The summed E-state index contributed by atoms with van der Waals surface area (Å²) in [4.78, 5) is 16.3. The minimum Gasteiger partial charge on any atom is -0.478 e. The quantitative estimate of drug-likeness (QED) is 0.201. The predicted molar refractivity (Wildman–Crippen MR) is 209 cm³/mol. The van der Waals surface area contributed by atoms with Gasteiger partial charge in [-0.2, -0.15) is 0 Å². The topological polar surface area (TPSA) is 77.9 Å². The van der Waals surface area contributed by atoms with Gasteiger partial charge in [-0.15, -0.1) is 0 Å². The number of carboxylic acids is 1. The molecule has 0 amide bonds. The fourth-order valence-corrected chi connectivity index (χ4v) is 16.0. The molecule has 1 aromatic carbocycles. The molecule has 1 N–H and O–H groups in total. The van der Waals surface area contributed by atoms with E-state index in [2.05, 4.69) is 57.9 Å². The fourth-order valence-electron chi connectivity index (χ4n) is 14.7. The smallest absolute Gasteiger partial charge is 0.338 e. The molecule has 2 aliphatic heterocycles. The van der Waals surface area contributed by atoms with E-state index in [1.165, 1.54) is 94.8 Å². The summed E-state index contributed by atoms with van der Waals surface area (Å²) < 4.78 is 38.7. The third-order valence-corrected chi connectivity index (χ3v) is 19.1. The molecule has 0 unspecified atom stereocenters. The Morgan fingerprint density at radius 2 is 1.62 bits per heavy atom. The van der Waals surface area contributed by atoms with Crippen LogP contribution in [0.3, 0.4) is 0 Å². The molecule has 0 aromatic heterocycles. The van der Waals surface area contributed by atoms with Crippen molar-refractivity contribution in [3.05, 3.63) is 41.7 Å². The zero-order chi connectivity index (χ0) is 37.5. The van der Waals surface area contributed by atoms with Crippen LogP contribution in [0.4, 0.5) is 10.1 Å². The Morgan fingerprint density at radius 1 is 0.885 bits per heavy atom. The molecular formula is C44H67FN2O4S. The standard InChI is InChI=1S/C44H67FN2O4S/c1-30(2)32-15-19-44(17-9-8-10-23-46-25-27-52(50,51)28-26-46)21-20-42(6)34(38(32)44)13-14-37-41(5)22-24-47(31-11-12-33(39(48)49)35(45)29-31)40(3,4)36(41)16-18-43(37,42)7/h11-12,29,32,34,36-38H,1,8-10,13-28H2,2-7H3,(H,48,49)/t32-,34+,36-,37+,38+,41-,42+,43+,44+/m0/s1. The lowest BCUT2D eigenvalue weighted by atomic mass is 9.33. The summed E-state index contributed by atoms with van der Waals surface area (Å²) in [5.41, 5.74) is 2.95. The van der Waals surface area contributed by atoms with Crippen molar-refractivity contribution in [3.63, 3.8) is 0 Å². The number of hydrogen-bond acceptors (Lipinski definition) is 5. The molecule has 2 saturated heterocycles. The Balaban J connectivity index is 1.08. The van der Waals surface area contributed by atoms with Crippen LogP contribution >= 0.6 is 0 Å². The average Bonchev–Trinajstić information content (AvgIpc) is 3.45. The van der Waals surface area contributed by atoms with Crippen LogP contribution in [0, 0.1) is 57.1 Å². The van der Waals surface area contributed by atoms with E-state index in [9.17, 15) is 22.7 Å². The number of rotatable bonds is 9. The Bertz CT molecular complexity index is 1660. The van der Waals surface area contributed by atoms with Gasteiger partial charge in [0.15, 0.2) is 9.84 Å². The van der Waals surface area contributed by atoms with E-state index in [0.717, 1.165) is 37.0 Å². The lowest BCUT2D eigenvalue weighted by Gasteiger charge is -2.73. The van der Waals surface area contributed by atoms with E-state index in [4.69, 9.17) is 0 Å². The van der Waals surface area contributed by atoms with Crippen LogP contribution < -0.4 is 4.90 Å². The first kappa shape index (κ1) is 38.3. The first-order chi connectivity index (χ1) is 24.4. The molecule has 0 bridgehead atoms. The van der Waals surface area contributed by atoms with E-state index in [0.29, 0.717) is 53.2 Å². The Hall–Kier alpha value is -1.93. The normalized spacial score (nSPS) is 41.0. The molecule has 0 radical (unpaired) electrons. The van der Waals surface area contributed by atoms with Crippen LogP contribution in [0.15, 0.2) is 30.4 Å². The molecule has 6 aliphatic rings. The van der Waals surface area contributed by atoms with E-state index >= 15 is 0 Å². The first-order valence-electron chi connectivity index (χ1n) is 20.8. The van der Waals surface area contributed by atoms with Crippen molar-refractivity contribution in [2.24, 2.45) is 51.2 Å². The number of nitrogens with zero attached hydrogens (tertiary/aromatic N) is 2. The molecule has 2 heterocycles. The molecule has 6 fully saturated rings. The van der Waals surface area contributed by atoms with Crippen LogP contribution in [0.2, 0.25) is 0 Å². The maximum absolute atomic E-state index is 14.9. The van der Waals surface area contributed by atoms with Gasteiger partial charge in [0.2, 0.25) is 0 Å². The molecule has 8 heteroatoms. The van der Waals surface area contributed by atoms with Gasteiger partial charge in [-0.05, 0) is 167 Å².